The molecule has 1 atom stereocenters. The Labute approximate surface area is 230 Å². The molecule has 2 bridgehead atoms. The summed E-state index contributed by atoms with van der Waals surface area (Å²) in [7, 11) is 1.68. The molecule has 2 heterocycles. The van der Waals surface area contributed by atoms with E-state index in [1.54, 1.807) is 25.3 Å². The van der Waals surface area contributed by atoms with Gasteiger partial charge in [0.1, 0.15) is 18.1 Å². The van der Waals surface area contributed by atoms with Crippen LogP contribution in [-0.4, -0.2) is 48.9 Å². The predicted octanol–water partition coefficient (Wildman–Crippen LogP) is 6.47. The molecule has 6 heteroatoms. The molecule has 1 aliphatic carbocycles. The van der Waals surface area contributed by atoms with Crippen LogP contribution in [0.4, 0.5) is 10.1 Å². The highest BCUT2D eigenvalue weighted by molar-refractivity contribution is 5.58. The van der Waals surface area contributed by atoms with Gasteiger partial charge in [-0.3, -0.25) is 4.90 Å². The molecule has 3 aromatic carbocycles. The Morgan fingerprint density at radius 2 is 1.77 bits per heavy atom. The molecule has 39 heavy (non-hydrogen) atoms. The predicted molar refractivity (Wildman–Crippen MR) is 153 cm³/mol. The van der Waals surface area contributed by atoms with Gasteiger partial charge in [0.25, 0.3) is 0 Å². The highest BCUT2D eigenvalue weighted by atomic mass is 19.1. The van der Waals surface area contributed by atoms with Crippen LogP contribution < -0.4 is 14.8 Å². The van der Waals surface area contributed by atoms with Crippen LogP contribution in [0.15, 0.2) is 54.6 Å². The number of nitrogens with zero attached hydrogens (tertiary/aromatic N) is 1. The molecule has 206 valence electrons. The van der Waals surface area contributed by atoms with Crippen LogP contribution in [-0.2, 0) is 19.3 Å². The summed E-state index contributed by atoms with van der Waals surface area (Å²) >= 11 is 0. The lowest BCUT2D eigenvalue weighted by Crippen LogP contribution is -2.32. The zero-order chi connectivity index (χ0) is 26.8. The van der Waals surface area contributed by atoms with Crippen molar-refractivity contribution in [1.29, 1.82) is 0 Å². The number of phenolic OH excluding ortho intramolecular Hbond substituents is 1. The van der Waals surface area contributed by atoms with E-state index < -0.39 is 0 Å². The van der Waals surface area contributed by atoms with Crippen molar-refractivity contribution in [3.05, 3.63) is 82.7 Å². The van der Waals surface area contributed by atoms with Gasteiger partial charge in [0.2, 0.25) is 0 Å². The second-order valence-electron chi connectivity index (χ2n) is 11.3. The van der Waals surface area contributed by atoms with E-state index in [4.69, 9.17) is 9.47 Å². The summed E-state index contributed by atoms with van der Waals surface area (Å²) < 4.78 is 26.2. The molecule has 0 radical (unpaired) electrons. The summed E-state index contributed by atoms with van der Waals surface area (Å²) in [5.41, 5.74) is 5.83. The molecule has 1 unspecified atom stereocenters. The highest BCUT2D eigenvalue weighted by Gasteiger charge is 2.38. The smallest absolute Gasteiger partial charge is 0.165 e. The Morgan fingerprint density at radius 3 is 2.54 bits per heavy atom. The number of halogens is 1. The van der Waals surface area contributed by atoms with Crippen molar-refractivity contribution in [2.24, 2.45) is 0 Å². The van der Waals surface area contributed by atoms with Crippen molar-refractivity contribution >= 4 is 5.69 Å². The van der Waals surface area contributed by atoms with E-state index in [1.165, 1.54) is 42.4 Å². The monoisotopic (exact) mass is 530 g/mol. The fraction of sp³-hybridized carbons (Fsp3) is 0.455. The molecule has 0 spiro atoms. The topological polar surface area (TPSA) is 54.0 Å². The number of rotatable bonds is 10. The third-order valence-corrected chi connectivity index (χ3v) is 9.06. The van der Waals surface area contributed by atoms with Gasteiger partial charge in [-0.2, -0.15) is 0 Å². The first kappa shape index (κ1) is 26.0. The van der Waals surface area contributed by atoms with Crippen LogP contribution in [0.3, 0.4) is 0 Å². The maximum absolute atomic E-state index is 14.8. The van der Waals surface area contributed by atoms with Crippen LogP contribution in [0, 0.1) is 5.82 Å². The molecule has 2 fully saturated rings. The SMILES string of the molecule is COc1ccc(C2CCc3cc(O)ccc3C2)c(NCCc2ccc(OCCN3C4CCC3CC4)c(F)c2)c1. The Kier molecular flexibility index (Phi) is 7.64. The number of aryl methyl sites for hydroxylation is 1. The van der Waals surface area contributed by atoms with E-state index in [9.17, 15) is 9.50 Å². The van der Waals surface area contributed by atoms with Crippen molar-refractivity contribution in [2.75, 3.05) is 32.1 Å². The number of methoxy groups -OCH3 is 1. The van der Waals surface area contributed by atoms with Crippen molar-refractivity contribution in [1.82, 2.24) is 4.90 Å². The van der Waals surface area contributed by atoms with E-state index in [-0.39, 0.29) is 5.82 Å². The fourth-order valence-electron chi connectivity index (χ4n) is 6.98. The number of hydrogen-bond donors (Lipinski definition) is 2. The molecule has 2 N–H and O–H groups in total. The minimum absolute atomic E-state index is 0.286. The van der Waals surface area contributed by atoms with E-state index >= 15 is 0 Å². The number of hydrogen-bond acceptors (Lipinski definition) is 5. The normalized spacial score (nSPS) is 22.1. The molecule has 3 aliphatic rings. The van der Waals surface area contributed by atoms with Crippen LogP contribution >= 0.6 is 0 Å². The second kappa shape index (κ2) is 11.5. The minimum Gasteiger partial charge on any atom is -0.508 e. The Hall–Kier alpha value is -3.25. The molecule has 0 amide bonds. The summed E-state index contributed by atoms with van der Waals surface area (Å²) in [5, 5.41) is 13.4. The molecular weight excluding hydrogens is 491 g/mol. The van der Waals surface area contributed by atoms with Crippen molar-refractivity contribution in [3.63, 3.8) is 0 Å². The van der Waals surface area contributed by atoms with Gasteiger partial charge in [-0.1, -0.05) is 18.2 Å². The number of fused-ring (bicyclic) bond motifs is 3. The van der Waals surface area contributed by atoms with Crippen LogP contribution in [0.25, 0.3) is 0 Å². The van der Waals surface area contributed by atoms with Gasteiger partial charge in [0.05, 0.1) is 7.11 Å². The highest BCUT2D eigenvalue weighted by Crippen LogP contribution is 2.39. The van der Waals surface area contributed by atoms with Gasteiger partial charge >= 0.3 is 0 Å². The van der Waals surface area contributed by atoms with Crippen LogP contribution in [0.5, 0.6) is 17.2 Å². The molecule has 3 aromatic rings. The second-order valence-corrected chi connectivity index (χ2v) is 11.3. The lowest BCUT2D eigenvalue weighted by molar-refractivity contribution is 0.190. The van der Waals surface area contributed by atoms with E-state index in [1.807, 2.05) is 24.3 Å². The minimum atomic E-state index is -0.286. The van der Waals surface area contributed by atoms with Gasteiger partial charge in [-0.25, -0.2) is 4.39 Å². The van der Waals surface area contributed by atoms with Gasteiger partial charge < -0.3 is 19.9 Å². The number of aromatic hydroxyl groups is 1. The van der Waals surface area contributed by atoms with Gasteiger partial charge in [0, 0.05) is 36.9 Å². The number of nitrogens with one attached hydrogen (secondary N) is 1. The third-order valence-electron chi connectivity index (χ3n) is 9.06. The number of anilines is 1. The molecule has 6 rings (SSSR count). The lowest BCUT2D eigenvalue weighted by Gasteiger charge is -2.27. The number of phenols is 1. The first-order valence-corrected chi connectivity index (χ1v) is 14.5. The van der Waals surface area contributed by atoms with Crippen molar-refractivity contribution in [3.8, 4) is 17.2 Å². The van der Waals surface area contributed by atoms with Crippen molar-refractivity contribution in [2.45, 2.75) is 69.4 Å². The quantitative estimate of drug-likeness (QED) is 0.315. The maximum Gasteiger partial charge on any atom is 0.165 e. The third kappa shape index (κ3) is 5.72. The van der Waals surface area contributed by atoms with Gasteiger partial charge in [0.15, 0.2) is 11.6 Å². The maximum atomic E-state index is 14.8. The van der Waals surface area contributed by atoms with Gasteiger partial charge in [-0.05, 0) is 110 Å². The molecule has 2 aliphatic heterocycles. The van der Waals surface area contributed by atoms with E-state index in [2.05, 4.69) is 22.3 Å². The summed E-state index contributed by atoms with van der Waals surface area (Å²) in [6, 6.07) is 18.8. The van der Waals surface area contributed by atoms with Gasteiger partial charge in [-0.15, -0.1) is 0 Å². The average molecular weight is 531 g/mol. The van der Waals surface area contributed by atoms with E-state index in [0.717, 1.165) is 42.8 Å². The lowest BCUT2D eigenvalue weighted by atomic mass is 9.79. The summed E-state index contributed by atoms with van der Waals surface area (Å²) in [5.74, 6) is 1.60. The average Bonchev–Trinajstić information content (AvgIpc) is 3.53. The Morgan fingerprint density at radius 1 is 0.949 bits per heavy atom. The molecule has 2 saturated heterocycles. The first-order valence-electron chi connectivity index (χ1n) is 14.5. The first-order chi connectivity index (χ1) is 19.1. The van der Waals surface area contributed by atoms with Crippen LogP contribution in [0.2, 0.25) is 0 Å². The summed E-state index contributed by atoms with van der Waals surface area (Å²) in [4.78, 5) is 2.56. The number of ether oxygens (including phenoxy) is 2. The van der Waals surface area contributed by atoms with E-state index in [0.29, 0.717) is 49.1 Å². The standard InChI is InChI=1S/C33H39FN2O3/c1-38-29-11-12-30(25-4-3-24-20-28(37)10-5-23(24)19-25)32(21-29)35-15-14-22-2-13-33(31(34)18-22)39-17-16-36-26-6-7-27(36)9-8-26/h2,5,10-13,18,20-21,25-27,35,37H,3-4,6-9,14-17,19H2,1H3. The fourth-order valence-corrected chi connectivity index (χ4v) is 6.98. The number of benzene rings is 3. The Bertz CT molecular complexity index is 1290. The molecule has 0 aromatic heterocycles. The zero-order valence-electron chi connectivity index (χ0n) is 22.8. The summed E-state index contributed by atoms with van der Waals surface area (Å²) in [6.07, 6.45) is 8.85. The van der Waals surface area contributed by atoms with Crippen LogP contribution in [0.1, 0.15) is 60.3 Å². The Balaban J connectivity index is 1.05. The summed E-state index contributed by atoms with van der Waals surface area (Å²) in [6.45, 7) is 2.11. The largest absolute Gasteiger partial charge is 0.508 e. The molecular formula is C33H39FN2O3. The zero-order valence-corrected chi connectivity index (χ0v) is 22.8. The molecule has 5 nitrogen and oxygen atoms in total. The molecule has 0 saturated carbocycles. The van der Waals surface area contributed by atoms with Crippen molar-refractivity contribution < 1.29 is 19.0 Å².